The van der Waals surface area contributed by atoms with Crippen molar-refractivity contribution in [1.82, 2.24) is 4.72 Å². The molecule has 0 aliphatic rings. The summed E-state index contributed by atoms with van der Waals surface area (Å²) >= 11 is 0. The Kier molecular flexibility index (Phi) is 5.76. The Morgan fingerprint density at radius 2 is 1.60 bits per heavy atom. The van der Waals surface area contributed by atoms with Gasteiger partial charge in [0, 0.05) is 12.8 Å². The third-order valence-electron chi connectivity index (χ3n) is 1.64. The molecule has 0 bridgehead atoms. The van der Waals surface area contributed by atoms with Crippen LogP contribution in [0.1, 0.15) is 20.3 Å². The van der Waals surface area contributed by atoms with Crippen LogP contribution in [0.25, 0.3) is 0 Å². The third kappa shape index (κ3) is 10.1. The van der Waals surface area contributed by atoms with E-state index in [4.69, 9.17) is 0 Å². The molecule has 0 unspecified atom stereocenters. The minimum Gasteiger partial charge on any atom is -0.229 e. The van der Waals surface area contributed by atoms with Crippen LogP contribution in [0.5, 0.6) is 0 Å². The summed E-state index contributed by atoms with van der Waals surface area (Å²) in [5, 5.41) is 0. The highest BCUT2D eigenvalue weighted by Crippen LogP contribution is 1.96. The zero-order valence-electron chi connectivity index (χ0n) is 9.36. The van der Waals surface area contributed by atoms with Crippen molar-refractivity contribution in [2.45, 2.75) is 20.3 Å². The van der Waals surface area contributed by atoms with Crippen LogP contribution in [-0.4, -0.2) is 41.1 Å². The summed E-state index contributed by atoms with van der Waals surface area (Å²) in [6.07, 6.45) is 1.24. The lowest BCUT2D eigenvalue weighted by atomic mass is 10.2. The van der Waals surface area contributed by atoms with Crippen molar-refractivity contribution in [3.63, 3.8) is 0 Å². The summed E-state index contributed by atoms with van der Waals surface area (Å²) < 4.78 is 46.6. The first kappa shape index (κ1) is 14.9. The number of sulfonamides is 1. The zero-order chi connectivity index (χ0) is 12.1. The van der Waals surface area contributed by atoms with Gasteiger partial charge in [0.25, 0.3) is 0 Å². The molecule has 0 fully saturated rings. The highest BCUT2D eigenvalue weighted by atomic mass is 32.2. The maximum Gasteiger partial charge on any atom is 0.211 e. The van der Waals surface area contributed by atoms with Gasteiger partial charge < -0.3 is 0 Å². The number of hydrogen-bond donors (Lipinski definition) is 1. The van der Waals surface area contributed by atoms with Gasteiger partial charge in [-0.15, -0.1) is 0 Å². The molecule has 0 spiro atoms. The van der Waals surface area contributed by atoms with Crippen molar-refractivity contribution < 1.29 is 16.8 Å². The van der Waals surface area contributed by atoms with Crippen LogP contribution in [0.2, 0.25) is 0 Å². The van der Waals surface area contributed by atoms with Gasteiger partial charge in [0.05, 0.1) is 11.5 Å². The van der Waals surface area contributed by atoms with E-state index in [2.05, 4.69) is 4.72 Å². The second-order valence-electron chi connectivity index (χ2n) is 4.04. The number of hydrogen-bond acceptors (Lipinski definition) is 4. The number of sulfone groups is 1. The molecular formula is C8H19NO4S2. The maximum absolute atomic E-state index is 11.3. The molecule has 0 saturated carbocycles. The fourth-order valence-corrected chi connectivity index (χ4v) is 2.98. The molecule has 92 valence electrons. The first-order valence-corrected chi connectivity index (χ1v) is 8.49. The van der Waals surface area contributed by atoms with E-state index >= 15 is 0 Å². The molecule has 0 amide bonds. The van der Waals surface area contributed by atoms with Crippen molar-refractivity contribution in [3.05, 3.63) is 0 Å². The Labute approximate surface area is 92.2 Å². The smallest absolute Gasteiger partial charge is 0.211 e. The predicted molar refractivity (Wildman–Crippen MR) is 61.0 cm³/mol. The first-order valence-electron chi connectivity index (χ1n) is 4.77. The predicted octanol–water partition coefficient (Wildman–Crippen LogP) is -0.00350. The second kappa shape index (κ2) is 5.81. The molecule has 0 rings (SSSR count). The van der Waals surface area contributed by atoms with Crippen LogP contribution in [0.4, 0.5) is 0 Å². The van der Waals surface area contributed by atoms with Gasteiger partial charge in [-0.3, -0.25) is 0 Å². The lowest BCUT2D eigenvalue weighted by molar-refractivity contribution is 0.558. The maximum atomic E-state index is 11.3. The average Bonchev–Trinajstić information content (AvgIpc) is 1.98. The molecular weight excluding hydrogens is 238 g/mol. The van der Waals surface area contributed by atoms with Gasteiger partial charge in [0.15, 0.2) is 0 Å². The molecule has 0 aromatic rings. The SMILES string of the molecule is CC(C)CNS(=O)(=O)CCCS(C)(=O)=O. The quantitative estimate of drug-likeness (QED) is 0.696. The van der Waals surface area contributed by atoms with Crippen LogP contribution in [0.15, 0.2) is 0 Å². The first-order chi connectivity index (χ1) is 6.62. The molecule has 0 aliphatic heterocycles. The van der Waals surface area contributed by atoms with E-state index < -0.39 is 19.9 Å². The molecule has 7 heteroatoms. The van der Waals surface area contributed by atoms with Gasteiger partial charge in [-0.2, -0.15) is 0 Å². The molecule has 0 saturated heterocycles. The fraction of sp³-hybridized carbons (Fsp3) is 1.00. The Balaban J connectivity index is 3.96. The van der Waals surface area contributed by atoms with Crippen molar-refractivity contribution in [2.24, 2.45) is 5.92 Å². The van der Waals surface area contributed by atoms with E-state index in [9.17, 15) is 16.8 Å². The van der Waals surface area contributed by atoms with Crippen LogP contribution >= 0.6 is 0 Å². The average molecular weight is 257 g/mol. The minimum atomic E-state index is -3.31. The normalized spacial score (nSPS) is 13.3. The summed E-state index contributed by atoms with van der Waals surface area (Å²) in [5.41, 5.74) is 0. The summed E-state index contributed by atoms with van der Waals surface area (Å²) in [4.78, 5) is 0. The monoisotopic (exact) mass is 257 g/mol. The van der Waals surface area contributed by atoms with Crippen molar-refractivity contribution >= 4 is 19.9 Å². The van der Waals surface area contributed by atoms with Crippen LogP contribution in [0.3, 0.4) is 0 Å². The molecule has 0 radical (unpaired) electrons. The van der Waals surface area contributed by atoms with Crippen LogP contribution in [-0.2, 0) is 19.9 Å². The summed E-state index contributed by atoms with van der Waals surface area (Å²) in [6, 6.07) is 0. The highest BCUT2D eigenvalue weighted by molar-refractivity contribution is 7.91. The standard InChI is InChI=1S/C8H19NO4S2/c1-8(2)7-9-15(12,13)6-4-5-14(3,10)11/h8-9H,4-7H2,1-3H3. The molecule has 0 aliphatic carbocycles. The topological polar surface area (TPSA) is 80.3 Å². The Morgan fingerprint density at radius 1 is 1.07 bits per heavy atom. The lowest BCUT2D eigenvalue weighted by Gasteiger charge is -2.08. The van der Waals surface area contributed by atoms with Gasteiger partial charge in [-0.05, 0) is 12.3 Å². The van der Waals surface area contributed by atoms with E-state index in [1.54, 1.807) is 0 Å². The molecule has 0 atom stereocenters. The zero-order valence-corrected chi connectivity index (χ0v) is 11.0. The summed E-state index contributed by atoms with van der Waals surface area (Å²) in [5.74, 6) is 0.0252. The van der Waals surface area contributed by atoms with Gasteiger partial charge in [0.2, 0.25) is 10.0 Å². The molecule has 0 aromatic carbocycles. The highest BCUT2D eigenvalue weighted by Gasteiger charge is 2.12. The van der Waals surface area contributed by atoms with Crippen molar-refractivity contribution in [2.75, 3.05) is 24.3 Å². The van der Waals surface area contributed by atoms with Gasteiger partial charge in [-0.25, -0.2) is 21.6 Å². The van der Waals surface area contributed by atoms with Crippen molar-refractivity contribution in [1.29, 1.82) is 0 Å². The van der Waals surface area contributed by atoms with E-state index in [0.29, 0.717) is 6.54 Å². The summed E-state index contributed by atoms with van der Waals surface area (Å²) in [7, 11) is -6.38. The van der Waals surface area contributed by atoms with Gasteiger partial charge in [0.1, 0.15) is 9.84 Å². The van der Waals surface area contributed by atoms with Crippen molar-refractivity contribution in [3.8, 4) is 0 Å². The lowest BCUT2D eigenvalue weighted by Crippen LogP contribution is -2.30. The van der Waals surface area contributed by atoms with Crippen LogP contribution in [0, 0.1) is 5.92 Å². The largest absolute Gasteiger partial charge is 0.229 e. The third-order valence-corrected chi connectivity index (χ3v) is 4.10. The Morgan fingerprint density at radius 3 is 2.00 bits per heavy atom. The minimum absolute atomic E-state index is 0.0877. The number of nitrogens with one attached hydrogen (secondary N) is 1. The molecule has 5 nitrogen and oxygen atoms in total. The van der Waals surface area contributed by atoms with Crippen LogP contribution < -0.4 is 4.72 Å². The Hall–Kier alpha value is -0.140. The second-order valence-corrected chi connectivity index (χ2v) is 8.23. The van der Waals surface area contributed by atoms with E-state index in [-0.39, 0.29) is 23.8 Å². The van der Waals surface area contributed by atoms with Gasteiger partial charge >= 0.3 is 0 Å². The molecule has 0 heterocycles. The molecule has 1 N–H and O–H groups in total. The summed E-state index contributed by atoms with van der Waals surface area (Å²) in [6.45, 7) is 4.19. The van der Waals surface area contributed by atoms with E-state index in [1.807, 2.05) is 13.8 Å². The van der Waals surface area contributed by atoms with Gasteiger partial charge in [-0.1, -0.05) is 13.8 Å². The number of rotatable bonds is 7. The molecule has 0 aromatic heterocycles. The van der Waals surface area contributed by atoms with E-state index in [1.165, 1.54) is 0 Å². The fourth-order valence-electron chi connectivity index (χ4n) is 0.877. The Bertz CT molecular complexity index is 369. The molecule has 15 heavy (non-hydrogen) atoms. The van der Waals surface area contributed by atoms with E-state index in [0.717, 1.165) is 6.26 Å².